The number of hydrogen-bond donors (Lipinski definition) is 1. The summed E-state index contributed by atoms with van der Waals surface area (Å²) in [6.07, 6.45) is 4.54. The summed E-state index contributed by atoms with van der Waals surface area (Å²) in [5.74, 6) is -0.261. The van der Waals surface area contributed by atoms with Gasteiger partial charge in [-0.1, -0.05) is 11.8 Å². The number of aromatic amines is 1. The predicted octanol–water partition coefficient (Wildman–Crippen LogP) is 0.186. The third-order valence-corrected chi connectivity index (χ3v) is 4.02. The van der Waals surface area contributed by atoms with Crippen LogP contribution in [-0.4, -0.2) is 64.5 Å². The smallest absolute Gasteiger partial charge is 0.264 e. The Morgan fingerprint density at radius 1 is 1.52 bits per heavy atom. The first-order valence-corrected chi connectivity index (χ1v) is 7.92. The average Bonchev–Trinajstić information content (AvgIpc) is 2.89. The minimum Gasteiger partial charge on any atom is -0.341 e. The van der Waals surface area contributed by atoms with Gasteiger partial charge in [-0.3, -0.25) is 14.4 Å². The predicted molar refractivity (Wildman–Crippen MR) is 79.4 cm³/mol. The summed E-state index contributed by atoms with van der Waals surface area (Å²) in [5, 5.41) is 0.474. The fourth-order valence-corrected chi connectivity index (χ4v) is 2.51. The van der Waals surface area contributed by atoms with Crippen molar-refractivity contribution in [2.45, 2.75) is 18.0 Å². The SMILES string of the molecule is CSc1ncc(C(=O)N(C)CCN2CCCC2=O)c(=O)[nH]1. The molecule has 1 fully saturated rings. The molecule has 0 radical (unpaired) electrons. The van der Waals surface area contributed by atoms with Crippen molar-refractivity contribution in [1.29, 1.82) is 0 Å². The van der Waals surface area contributed by atoms with E-state index in [1.54, 1.807) is 18.2 Å². The Bertz CT molecular complexity index is 601. The van der Waals surface area contributed by atoms with E-state index in [1.165, 1.54) is 22.9 Å². The van der Waals surface area contributed by atoms with Gasteiger partial charge >= 0.3 is 0 Å². The highest BCUT2D eigenvalue weighted by atomic mass is 32.2. The average molecular weight is 310 g/mol. The number of hydrogen-bond acceptors (Lipinski definition) is 5. The molecule has 0 spiro atoms. The number of likely N-dealkylation sites (N-methyl/N-ethyl adjacent to an activating group) is 1. The van der Waals surface area contributed by atoms with Gasteiger partial charge in [-0.05, 0) is 12.7 Å². The van der Waals surface area contributed by atoms with Crippen molar-refractivity contribution in [2.75, 3.05) is 32.9 Å². The van der Waals surface area contributed by atoms with Crippen LogP contribution in [-0.2, 0) is 4.79 Å². The molecule has 2 heterocycles. The maximum absolute atomic E-state index is 12.2. The maximum atomic E-state index is 12.2. The summed E-state index contributed by atoms with van der Waals surface area (Å²) in [6, 6.07) is 0. The molecule has 7 nitrogen and oxygen atoms in total. The number of H-pyrrole nitrogens is 1. The Morgan fingerprint density at radius 2 is 2.29 bits per heavy atom. The Labute approximate surface area is 126 Å². The first kappa shape index (κ1) is 15.6. The largest absolute Gasteiger partial charge is 0.341 e. The van der Waals surface area contributed by atoms with Gasteiger partial charge in [0, 0.05) is 39.3 Å². The molecule has 0 bridgehead atoms. The lowest BCUT2D eigenvalue weighted by atomic mass is 10.3. The Morgan fingerprint density at radius 3 is 2.86 bits per heavy atom. The number of aromatic nitrogens is 2. The van der Waals surface area contributed by atoms with Crippen LogP contribution in [0.5, 0.6) is 0 Å². The summed E-state index contributed by atoms with van der Waals surface area (Å²) >= 11 is 1.30. The minimum absolute atomic E-state index is 0.0167. The van der Waals surface area contributed by atoms with Gasteiger partial charge < -0.3 is 14.8 Å². The van der Waals surface area contributed by atoms with E-state index >= 15 is 0 Å². The van der Waals surface area contributed by atoms with Crippen molar-refractivity contribution in [3.05, 3.63) is 22.1 Å². The van der Waals surface area contributed by atoms with Crippen molar-refractivity contribution in [1.82, 2.24) is 19.8 Å². The zero-order valence-electron chi connectivity index (χ0n) is 12.1. The zero-order valence-corrected chi connectivity index (χ0v) is 12.9. The van der Waals surface area contributed by atoms with Crippen LogP contribution in [0.3, 0.4) is 0 Å². The topological polar surface area (TPSA) is 86.4 Å². The number of amides is 2. The van der Waals surface area contributed by atoms with Crippen molar-refractivity contribution in [2.24, 2.45) is 0 Å². The highest BCUT2D eigenvalue weighted by molar-refractivity contribution is 7.98. The molecule has 1 N–H and O–H groups in total. The monoisotopic (exact) mass is 310 g/mol. The normalized spacial score (nSPS) is 14.6. The third kappa shape index (κ3) is 3.63. The summed E-state index contributed by atoms with van der Waals surface area (Å²) in [5.41, 5.74) is -0.425. The first-order chi connectivity index (χ1) is 10.0. The quantitative estimate of drug-likeness (QED) is 0.619. The van der Waals surface area contributed by atoms with E-state index in [-0.39, 0.29) is 17.4 Å². The highest BCUT2D eigenvalue weighted by Crippen LogP contribution is 2.09. The van der Waals surface area contributed by atoms with E-state index in [4.69, 9.17) is 0 Å². The van der Waals surface area contributed by atoms with Crippen LogP contribution < -0.4 is 5.56 Å². The van der Waals surface area contributed by atoms with E-state index in [2.05, 4.69) is 9.97 Å². The zero-order chi connectivity index (χ0) is 15.4. The lowest BCUT2D eigenvalue weighted by Gasteiger charge is -2.21. The van der Waals surface area contributed by atoms with Gasteiger partial charge in [-0.25, -0.2) is 4.98 Å². The second kappa shape index (κ2) is 6.75. The fourth-order valence-electron chi connectivity index (χ4n) is 2.15. The van der Waals surface area contributed by atoms with Crippen molar-refractivity contribution in [3.63, 3.8) is 0 Å². The summed E-state index contributed by atoms with van der Waals surface area (Å²) in [6.45, 7) is 1.63. The van der Waals surface area contributed by atoms with Gasteiger partial charge in [0.2, 0.25) is 5.91 Å². The molecule has 2 rings (SSSR count). The van der Waals surface area contributed by atoms with Crippen LogP contribution in [0, 0.1) is 0 Å². The van der Waals surface area contributed by atoms with E-state index < -0.39 is 5.56 Å². The molecule has 1 aliphatic heterocycles. The van der Waals surface area contributed by atoms with Crippen molar-refractivity contribution >= 4 is 23.6 Å². The van der Waals surface area contributed by atoms with Gasteiger partial charge in [0.05, 0.1) is 0 Å². The number of nitrogens with zero attached hydrogens (tertiary/aromatic N) is 3. The molecule has 114 valence electrons. The second-order valence-corrected chi connectivity index (χ2v) is 5.64. The van der Waals surface area contributed by atoms with Gasteiger partial charge in [0.1, 0.15) is 5.56 Å². The van der Waals surface area contributed by atoms with Gasteiger partial charge in [-0.15, -0.1) is 0 Å². The molecule has 21 heavy (non-hydrogen) atoms. The number of carbonyl (C=O) groups is 2. The summed E-state index contributed by atoms with van der Waals surface area (Å²) in [7, 11) is 1.62. The number of likely N-dealkylation sites (tertiary alicyclic amines) is 1. The number of nitrogens with one attached hydrogen (secondary N) is 1. The minimum atomic E-state index is -0.441. The van der Waals surface area contributed by atoms with Gasteiger partial charge in [-0.2, -0.15) is 0 Å². The second-order valence-electron chi connectivity index (χ2n) is 4.85. The van der Waals surface area contributed by atoms with Crippen LogP contribution in [0.2, 0.25) is 0 Å². The van der Waals surface area contributed by atoms with Crippen molar-refractivity contribution in [3.8, 4) is 0 Å². The fraction of sp³-hybridized carbons (Fsp3) is 0.538. The lowest BCUT2D eigenvalue weighted by molar-refractivity contribution is -0.127. The molecule has 0 unspecified atom stereocenters. The molecule has 1 aliphatic rings. The van der Waals surface area contributed by atoms with E-state index in [9.17, 15) is 14.4 Å². The van der Waals surface area contributed by atoms with E-state index in [0.29, 0.717) is 24.7 Å². The van der Waals surface area contributed by atoms with Crippen molar-refractivity contribution < 1.29 is 9.59 Å². The van der Waals surface area contributed by atoms with Gasteiger partial charge in [0.15, 0.2) is 5.16 Å². The summed E-state index contributed by atoms with van der Waals surface area (Å²) in [4.78, 5) is 45.3. The Kier molecular flexibility index (Phi) is 5.00. The van der Waals surface area contributed by atoms with Crippen LogP contribution in [0.4, 0.5) is 0 Å². The third-order valence-electron chi connectivity index (χ3n) is 3.42. The molecule has 1 saturated heterocycles. The molecular formula is C13H18N4O3S. The standard InChI is InChI=1S/C13H18N4O3S/c1-16(6-7-17-5-3-4-10(17)18)12(20)9-8-14-13(21-2)15-11(9)19/h8H,3-7H2,1-2H3,(H,14,15,19). The molecule has 1 aromatic heterocycles. The van der Waals surface area contributed by atoms with Crippen LogP contribution in [0.15, 0.2) is 16.1 Å². The molecular weight excluding hydrogens is 292 g/mol. The molecule has 8 heteroatoms. The number of thioether (sulfide) groups is 1. The van der Waals surface area contributed by atoms with Crippen LogP contribution in [0.1, 0.15) is 23.2 Å². The highest BCUT2D eigenvalue weighted by Gasteiger charge is 2.22. The summed E-state index contributed by atoms with van der Waals surface area (Å²) < 4.78 is 0. The number of rotatable bonds is 5. The Balaban J connectivity index is 1.99. The molecule has 0 aliphatic carbocycles. The lowest BCUT2D eigenvalue weighted by Crippen LogP contribution is -2.38. The molecule has 0 saturated carbocycles. The Hall–Kier alpha value is -1.83. The van der Waals surface area contributed by atoms with E-state index in [1.807, 2.05) is 0 Å². The van der Waals surface area contributed by atoms with Crippen LogP contribution >= 0.6 is 11.8 Å². The molecule has 0 atom stereocenters. The van der Waals surface area contributed by atoms with Gasteiger partial charge in [0.25, 0.3) is 11.5 Å². The van der Waals surface area contributed by atoms with Crippen LogP contribution in [0.25, 0.3) is 0 Å². The molecule has 1 aromatic rings. The molecule has 2 amide bonds. The molecule has 0 aromatic carbocycles. The maximum Gasteiger partial charge on any atom is 0.264 e. The number of carbonyl (C=O) groups excluding carboxylic acids is 2. The first-order valence-electron chi connectivity index (χ1n) is 6.69. The van der Waals surface area contributed by atoms with E-state index in [0.717, 1.165) is 13.0 Å².